The lowest BCUT2D eigenvalue weighted by atomic mass is 10.2. The van der Waals surface area contributed by atoms with E-state index >= 15 is 0 Å². The maximum absolute atomic E-state index is 13.5. The van der Waals surface area contributed by atoms with Crippen LogP contribution in [0.4, 0.5) is 10.1 Å². The lowest BCUT2D eigenvalue weighted by Gasteiger charge is -2.21. The van der Waals surface area contributed by atoms with Crippen LogP contribution in [0.2, 0.25) is 0 Å². The Morgan fingerprint density at radius 2 is 2.05 bits per heavy atom. The molecule has 8 heteroatoms. The van der Waals surface area contributed by atoms with Crippen LogP contribution in [0.25, 0.3) is 0 Å². The smallest absolute Gasteiger partial charge is 0.242 e. The number of nitrogens with one attached hydrogen (secondary N) is 1. The molecule has 21 heavy (non-hydrogen) atoms. The van der Waals surface area contributed by atoms with Gasteiger partial charge in [0.2, 0.25) is 15.9 Å². The molecule has 0 fully saturated rings. The molecule has 1 amide bonds. The van der Waals surface area contributed by atoms with E-state index in [-0.39, 0.29) is 28.6 Å². The van der Waals surface area contributed by atoms with Crippen molar-refractivity contribution in [1.29, 1.82) is 0 Å². The summed E-state index contributed by atoms with van der Waals surface area (Å²) in [7, 11) is -0.983. The van der Waals surface area contributed by atoms with Gasteiger partial charge in [0.25, 0.3) is 0 Å². The van der Waals surface area contributed by atoms with Crippen LogP contribution in [0.3, 0.4) is 0 Å². The van der Waals surface area contributed by atoms with Crippen LogP contribution in [-0.4, -0.2) is 39.3 Å². The molecule has 0 spiro atoms. The zero-order chi connectivity index (χ0) is 16.4. The summed E-state index contributed by atoms with van der Waals surface area (Å²) in [6.45, 7) is 3.07. The molecule has 0 saturated heterocycles. The van der Waals surface area contributed by atoms with Gasteiger partial charge in [0.15, 0.2) is 0 Å². The van der Waals surface area contributed by atoms with Crippen LogP contribution in [0.1, 0.15) is 12.5 Å². The molecule has 6 nitrogen and oxygen atoms in total. The second-order valence-electron chi connectivity index (χ2n) is 4.94. The second kappa shape index (κ2) is 6.40. The molecule has 0 saturated carbocycles. The van der Waals surface area contributed by atoms with Gasteiger partial charge in [0.1, 0.15) is 5.82 Å². The number of carbonyl (C=O) groups excluding carboxylic acids is 1. The summed E-state index contributed by atoms with van der Waals surface area (Å²) in [6, 6.07) is 2.31. The number of nitrogen functional groups attached to an aromatic ring is 1. The first kappa shape index (κ1) is 17.4. The molecule has 1 unspecified atom stereocenters. The number of anilines is 1. The first-order valence-corrected chi connectivity index (χ1v) is 7.78. The van der Waals surface area contributed by atoms with E-state index in [0.29, 0.717) is 0 Å². The fourth-order valence-electron chi connectivity index (χ4n) is 1.90. The molecular weight excluding hydrogens is 297 g/mol. The summed E-state index contributed by atoms with van der Waals surface area (Å²) in [5.74, 6) is -1.39. The quantitative estimate of drug-likeness (QED) is 0.783. The van der Waals surface area contributed by atoms with Gasteiger partial charge >= 0.3 is 0 Å². The molecule has 118 valence electrons. The molecule has 0 aliphatic carbocycles. The molecular formula is C13H20FN3O3S. The summed E-state index contributed by atoms with van der Waals surface area (Å²) >= 11 is 0. The third kappa shape index (κ3) is 3.70. The first-order chi connectivity index (χ1) is 9.61. The summed E-state index contributed by atoms with van der Waals surface area (Å²) in [5, 5.41) is 2.46. The number of nitrogens with two attached hydrogens (primary N) is 1. The van der Waals surface area contributed by atoms with Crippen molar-refractivity contribution < 1.29 is 17.6 Å². The summed E-state index contributed by atoms with van der Waals surface area (Å²) in [6.07, 6.45) is 0. The van der Waals surface area contributed by atoms with E-state index in [1.807, 2.05) is 0 Å². The number of hydrogen-bond acceptors (Lipinski definition) is 4. The molecule has 0 radical (unpaired) electrons. The molecule has 0 aliphatic heterocycles. The van der Waals surface area contributed by atoms with Gasteiger partial charge in [-0.05, 0) is 24.6 Å². The zero-order valence-corrected chi connectivity index (χ0v) is 13.3. The van der Waals surface area contributed by atoms with Crippen molar-refractivity contribution in [3.63, 3.8) is 0 Å². The summed E-state index contributed by atoms with van der Waals surface area (Å²) in [4.78, 5) is 11.4. The Morgan fingerprint density at radius 3 is 2.52 bits per heavy atom. The lowest BCUT2D eigenvalue weighted by molar-refractivity contribution is -0.124. The number of benzene rings is 1. The van der Waals surface area contributed by atoms with Gasteiger partial charge in [-0.1, -0.05) is 6.92 Å². The Labute approximate surface area is 124 Å². The van der Waals surface area contributed by atoms with Crippen molar-refractivity contribution in [3.8, 4) is 0 Å². The average Bonchev–Trinajstić information content (AvgIpc) is 2.42. The molecule has 0 heterocycles. The Balaban J connectivity index is 3.08. The normalized spacial score (nSPS) is 13.2. The van der Waals surface area contributed by atoms with E-state index < -0.39 is 21.8 Å². The monoisotopic (exact) mass is 317 g/mol. The first-order valence-electron chi connectivity index (χ1n) is 6.34. The Kier molecular flexibility index (Phi) is 5.30. The SMILES string of the molecule is CNC(=O)C(C)CN(C)S(=O)(=O)c1cc(C)c(F)c(N)c1. The van der Waals surface area contributed by atoms with E-state index in [2.05, 4.69) is 5.32 Å². The highest BCUT2D eigenvalue weighted by Gasteiger charge is 2.25. The maximum atomic E-state index is 13.5. The van der Waals surface area contributed by atoms with Crippen LogP contribution < -0.4 is 11.1 Å². The molecule has 1 rings (SSSR count). The van der Waals surface area contributed by atoms with Crippen LogP contribution in [-0.2, 0) is 14.8 Å². The van der Waals surface area contributed by atoms with E-state index in [0.717, 1.165) is 10.4 Å². The molecule has 0 bridgehead atoms. The molecule has 0 aliphatic rings. The molecule has 1 atom stereocenters. The van der Waals surface area contributed by atoms with Crippen molar-refractivity contribution in [3.05, 3.63) is 23.5 Å². The predicted molar refractivity (Wildman–Crippen MR) is 78.6 cm³/mol. The van der Waals surface area contributed by atoms with Crippen molar-refractivity contribution in [2.45, 2.75) is 18.7 Å². The fourth-order valence-corrected chi connectivity index (χ4v) is 3.29. The van der Waals surface area contributed by atoms with Crippen LogP contribution in [0.5, 0.6) is 0 Å². The number of aryl methyl sites for hydroxylation is 1. The van der Waals surface area contributed by atoms with Crippen molar-refractivity contribution in [2.24, 2.45) is 5.92 Å². The second-order valence-corrected chi connectivity index (χ2v) is 6.99. The van der Waals surface area contributed by atoms with Crippen molar-refractivity contribution >= 4 is 21.6 Å². The highest BCUT2D eigenvalue weighted by molar-refractivity contribution is 7.89. The highest BCUT2D eigenvalue weighted by Crippen LogP contribution is 2.23. The number of nitrogens with zero attached hydrogens (tertiary/aromatic N) is 1. The number of amides is 1. The minimum atomic E-state index is -3.83. The number of carbonyl (C=O) groups is 1. The largest absolute Gasteiger partial charge is 0.396 e. The number of hydrogen-bond donors (Lipinski definition) is 2. The number of sulfonamides is 1. The van der Waals surface area contributed by atoms with Crippen molar-refractivity contribution in [1.82, 2.24) is 9.62 Å². The highest BCUT2D eigenvalue weighted by atomic mass is 32.2. The predicted octanol–water partition coefficient (Wildman–Crippen LogP) is 0.719. The van der Waals surface area contributed by atoms with E-state index in [9.17, 15) is 17.6 Å². The van der Waals surface area contributed by atoms with Gasteiger partial charge in [-0.3, -0.25) is 4.79 Å². The van der Waals surface area contributed by atoms with Gasteiger partial charge < -0.3 is 11.1 Å². The van der Waals surface area contributed by atoms with Gasteiger partial charge in [0, 0.05) is 26.6 Å². The summed E-state index contributed by atoms with van der Waals surface area (Å²) < 4.78 is 39.4. The standard InChI is InChI=1S/C13H20FN3O3S/c1-8-5-10(6-11(15)12(8)14)21(19,20)17(4)7-9(2)13(18)16-3/h5-6,9H,7,15H2,1-4H3,(H,16,18). The third-order valence-corrected chi connectivity index (χ3v) is 4.99. The number of halogens is 1. The third-order valence-electron chi connectivity index (χ3n) is 3.19. The van der Waals surface area contributed by atoms with Crippen molar-refractivity contribution in [2.75, 3.05) is 26.4 Å². The summed E-state index contributed by atoms with van der Waals surface area (Å²) in [5.41, 5.74) is 5.40. The Hall–Kier alpha value is -1.67. The van der Waals surface area contributed by atoms with E-state index in [1.165, 1.54) is 27.1 Å². The van der Waals surface area contributed by atoms with E-state index in [1.54, 1.807) is 6.92 Å². The number of rotatable bonds is 5. The van der Waals surface area contributed by atoms with Crippen LogP contribution in [0, 0.1) is 18.7 Å². The molecule has 1 aromatic carbocycles. The van der Waals surface area contributed by atoms with E-state index in [4.69, 9.17) is 5.73 Å². The van der Waals surface area contributed by atoms with Gasteiger partial charge in [0.05, 0.1) is 10.6 Å². The zero-order valence-electron chi connectivity index (χ0n) is 12.5. The van der Waals surface area contributed by atoms with Crippen LogP contribution >= 0.6 is 0 Å². The van der Waals surface area contributed by atoms with Gasteiger partial charge in [-0.25, -0.2) is 17.1 Å². The van der Waals surface area contributed by atoms with Gasteiger partial charge in [-0.15, -0.1) is 0 Å². The lowest BCUT2D eigenvalue weighted by Crippen LogP contribution is -2.37. The average molecular weight is 317 g/mol. The molecule has 0 aromatic heterocycles. The minimum Gasteiger partial charge on any atom is -0.396 e. The van der Waals surface area contributed by atoms with Crippen LogP contribution in [0.15, 0.2) is 17.0 Å². The Morgan fingerprint density at radius 1 is 1.48 bits per heavy atom. The Bertz CT molecular complexity index is 623. The molecule has 1 aromatic rings. The fraction of sp³-hybridized carbons (Fsp3) is 0.462. The molecule has 3 N–H and O–H groups in total. The maximum Gasteiger partial charge on any atom is 0.242 e. The minimum absolute atomic E-state index is 0.0122. The topological polar surface area (TPSA) is 92.5 Å². The van der Waals surface area contributed by atoms with Gasteiger partial charge in [-0.2, -0.15) is 0 Å².